The molecule has 0 spiro atoms. The Hall–Kier alpha value is -1.01. The third-order valence-electron chi connectivity index (χ3n) is 2.15. The first kappa shape index (κ1) is 14.4. The summed E-state index contributed by atoms with van der Waals surface area (Å²) in [6.45, 7) is 0. The van der Waals surface area contributed by atoms with E-state index < -0.39 is 5.97 Å². The van der Waals surface area contributed by atoms with E-state index in [1.807, 2.05) is 0 Å². The Bertz CT molecular complexity index is 630. The molecule has 1 aromatic carbocycles. The summed E-state index contributed by atoms with van der Waals surface area (Å²) in [5, 5.41) is 6.20. The van der Waals surface area contributed by atoms with Crippen molar-refractivity contribution in [1.29, 1.82) is 0 Å². The maximum atomic E-state index is 11.3. The Balaban J connectivity index is 2.24. The van der Waals surface area contributed by atoms with Gasteiger partial charge in [-0.1, -0.05) is 34.8 Å². The molecule has 0 unspecified atom stereocenters. The van der Waals surface area contributed by atoms with Gasteiger partial charge in [-0.05, 0) is 12.1 Å². The number of aromatic nitrogens is 1. The molecule has 0 bridgehead atoms. The highest BCUT2D eigenvalue weighted by atomic mass is 35.5. The highest BCUT2D eigenvalue weighted by Gasteiger charge is 2.12. The summed E-state index contributed by atoms with van der Waals surface area (Å²) in [6.07, 6.45) is 0. The zero-order valence-corrected chi connectivity index (χ0v) is 12.6. The predicted molar refractivity (Wildman–Crippen MR) is 78.2 cm³/mol. The highest BCUT2D eigenvalue weighted by Crippen LogP contribution is 2.34. The quantitative estimate of drug-likeness (QED) is 0.655. The molecule has 0 saturated heterocycles. The lowest BCUT2D eigenvalue weighted by molar-refractivity contribution is 0.0595. The number of nitrogens with zero attached hydrogens (tertiary/aromatic N) is 1. The van der Waals surface area contributed by atoms with E-state index in [-0.39, 0.29) is 5.69 Å². The Morgan fingerprint density at radius 3 is 2.63 bits per heavy atom. The summed E-state index contributed by atoms with van der Waals surface area (Å²) in [7, 11) is 1.30. The van der Waals surface area contributed by atoms with Crippen molar-refractivity contribution < 1.29 is 9.53 Å². The number of carbonyl (C=O) groups is 1. The molecule has 4 nitrogen and oxygen atoms in total. The van der Waals surface area contributed by atoms with Crippen LogP contribution in [-0.2, 0) is 4.74 Å². The number of esters is 1. The Morgan fingerprint density at radius 1 is 1.26 bits per heavy atom. The van der Waals surface area contributed by atoms with Gasteiger partial charge in [0.1, 0.15) is 0 Å². The van der Waals surface area contributed by atoms with Gasteiger partial charge in [0.05, 0.1) is 27.9 Å². The zero-order chi connectivity index (χ0) is 14.0. The first-order chi connectivity index (χ1) is 9.01. The van der Waals surface area contributed by atoms with E-state index in [1.165, 1.54) is 24.5 Å². The molecule has 1 N–H and O–H groups in total. The summed E-state index contributed by atoms with van der Waals surface area (Å²) in [5.74, 6) is -0.496. The second-order valence-corrected chi connectivity index (χ2v) is 5.48. The Labute approximate surface area is 128 Å². The standard InChI is InChI=1S/C11H7Cl3N2O2S/c1-18-10(17)9-4-19-11(16-9)15-8-3-6(13)5(12)2-7(8)14/h2-4H,1H3,(H,15,16). The van der Waals surface area contributed by atoms with E-state index in [4.69, 9.17) is 34.8 Å². The number of hydrogen-bond donors (Lipinski definition) is 1. The third kappa shape index (κ3) is 3.30. The molecular formula is C11H7Cl3N2O2S. The molecule has 100 valence electrons. The number of thiazole rings is 1. The van der Waals surface area contributed by atoms with Crippen molar-refractivity contribution in [2.24, 2.45) is 0 Å². The molecule has 0 aliphatic rings. The summed E-state index contributed by atoms with van der Waals surface area (Å²) < 4.78 is 4.57. The maximum Gasteiger partial charge on any atom is 0.357 e. The molecule has 1 heterocycles. The maximum absolute atomic E-state index is 11.3. The van der Waals surface area contributed by atoms with Gasteiger partial charge >= 0.3 is 5.97 Å². The average molecular weight is 338 g/mol. The van der Waals surface area contributed by atoms with Crippen LogP contribution in [0.25, 0.3) is 0 Å². The fraction of sp³-hybridized carbons (Fsp3) is 0.0909. The SMILES string of the molecule is COC(=O)c1csc(Nc2cc(Cl)c(Cl)cc2Cl)n1. The average Bonchev–Trinajstić information content (AvgIpc) is 2.83. The van der Waals surface area contributed by atoms with E-state index in [0.717, 1.165) is 0 Å². The molecular weight excluding hydrogens is 331 g/mol. The molecule has 0 radical (unpaired) electrons. The molecule has 2 rings (SSSR count). The molecule has 0 atom stereocenters. The molecule has 0 aliphatic carbocycles. The molecule has 0 amide bonds. The van der Waals surface area contributed by atoms with Crippen molar-refractivity contribution in [3.63, 3.8) is 0 Å². The number of ether oxygens (including phenoxy) is 1. The normalized spacial score (nSPS) is 10.3. The number of benzene rings is 1. The number of anilines is 2. The number of nitrogens with one attached hydrogen (secondary N) is 1. The molecule has 0 aliphatic heterocycles. The summed E-state index contributed by atoms with van der Waals surface area (Å²) in [6, 6.07) is 3.12. The van der Waals surface area contributed by atoms with Crippen LogP contribution in [0.4, 0.5) is 10.8 Å². The number of hydrogen-bond acceptors (Lipinski definition) is 5. The molecule has 0 fully saturated rings. The third-order valence-corrected chi connectivity index (χ3v) is 3.94. The number of rotatable bonds is 3. The van der Waals surface area contributed by atoms with Gasteiger partial charge in [-0.2, -0.15) is 0 Å². The Morgan fingerprint density at radius 2 is 1.95 bits per heavy atom. The first-order valence-corrected chi connectivity index (χ1v) is 6.98. The highest BCUT2D eigenvalue weighted by molar-refractivity contribution is 7.14. The van der Waals surface area contributed by atoms with Gasteiger partial charge in [0, 0.05) is 5.38 Å². The van der Waals surface area contributed by atoms with E-state index in [0.29, 0.717) is 25.9 Å². The molecule has 8 heteroatoms. The van der Waals surface area contributed by atoms with Crippen LogP contribution >= 0.6 is 46.1 Å². The van der Waals surface area contributed by atoms with Gasteiger partial charge in [-0.15, -0.1) is 11.3 Å². The summed E-state index contributed by atoms with van der Waals surface area (Å²) in [4.78, 5) is 15.3. The zero-order valence-electron chi connectivity index (χ0n) is 9.54. The summed E-state index contributed by atoms with van der Waals surface area (Å²) >= 11 is 19.0. The first-order valence-electron chi connectivity index (χ1n) is 4.96. The van der Waals surface area contributed by atoms with Crippen molar-refractivity contribution in [3.8, 4) is 0 Å². The van der Waals surface area contributed by atoms with Crippen LogP contribution in [0.5, 0.6) is 0 Å². The van der Waals surface area contributed by atoms with Crippen LogP contribution in [-0.4, -0.2) is 18.1 Å². The van der Waals surface area contributed by atoms with Crippen molar-refractivity contribution in [2.45, 2.75) is 0 Å². The fourth-order valence-electron chi connectivity index (χ4n) is 1.26. The van der Waals surface area contributed by atoms with Crippen LogP contribution in [0.2, 0.25) is 15.1 Å². The largest absolute Gasteiger partial charge is 0.464 e. The van der Waals surface area contributed by atoms with Gasteiger partial charge in [0.15, 0.2) is 10.8 Å². The predicted octanol–water partition coefficient (Wildman–Crippen LogP) is 4.63. The second kappa shape index (κ2) is 5.96. The van der Waals surface area contributed by atoms with Crippen LogP contribution < -0.4 is 5.32 Å². The molecule has 2 aromatic rings. The van der Waals surface area contributed by atoms with Gasteiger partial charge < -0.3 is 10.1 Å². The van der Waals surface area contributed by atoms with E-state index >= 15 is 0 Å². The second-order valence-electron chi connectivity index (χ2n) is 3.40. The van der Waals surface area contributed by atoms with Crippen LogP contribution in [0.15, 0.2) is 17.5 Å². The lowest BCUT2D eigenvalue weighted by Gasteiger charge is -2.06. The van der Waals surface area contributed by atoms with Crippen molar-refractivity contribution in [3.05, 3.63) is 38.3 Å². The lowest BCUT2D eigenvalue weighted by Crippen LogP contribution is -2.01. The minimum Gasteiger partial charge on any atom is -0.464 e. The topological polar surface area (TPSA) is 51.2 Å². The number of methoxy groups -OCH3 is 1. The lowest BCUT2D eigenvalue weighted by atomic mass is 10.3. The Kier molecular flexibility index (Phi) is 4.52. The van der Waals surface area contributed by atoms with Gasteiger partial charge in [0.25, 0.3) is 0 Å². The van der Waals surface area contributed by atoms with Crippen LogP contribution in [0.1, 0.15) is 10.5 Å². The van der Waals surface area contributed by atoms with E-state index in [1.54, 1.807) is 11.4 Å². The number of halogens is 3. The fourth-order valence-corrected chi connectivity index (χ4v) is 2.55. The molecule has 19 heavy (non-hydrogen) atoms. The van der Waals surface area contributed by atoms with Crippen molar-refractivity contribution >= 4 is 62.9 Å². The smallest absolute Gasteiger partial charge is 0.357 e. The number of carbonyl (C=O) groups excluding carboxylic acids is 1. The van der Waals surface area contributed by atoms with Crippen molar-refractivity contribution in [2.75, 3.05) is 12.4 Å². The van der Waals surface area contributed by atoms with E-state index in [2.05, 4.69) is 15.0 Å². The van der Waals surface area contributed by atoms with Crippen LogP contribution in [0.3, 0.4) is 0 Å². The van der Waals surface area contributed by atoms with E-state index in [9.17, 15) is 4.79 Å². The minimum atomic E-state index is -0.496. The summed E-state index contributed by atoms with van der Waals surface area (Å²) in [5.41, 5.74) is 0.785. The van der Waals surface area contributed by atoms with Crippen LogP contribution in [0, 0.1) is 0 Å². The minimum absolute atomic E-state index is 0.228. The van der Waals surface area contributed by atoms with Gasteiger partial charge in [-0.3, -0.25) is 0 Å². The van der Waals surface area contributed by atoms with Gasteiger partial charge in [0.2, 0.25) is 0 Å². The van der Waals surface area contributed by atoms with Gasteiger partial charge in [-0.25, -0.2) is 9.78 Å². The molecule has 0 saturated carbocycles. The van der Waals surface area contributed by atoms with Crippen molar-refractivity contribution in [1.82, 2.24) is 4.98 Å². The monoisotopic (exact) mass is 336 g/mol. The molecule has 1 aromatic heterocycles.